The first-order valence-electron chi connectivity index (χ1n) is 7.61. The van der Waals surface area contributed by atoms with Crippen LogP contribution in [-0.2, 0) is 11.3 Å². The van der Waals surface area contributed by atoms with Crippen molar-refractivity contribution in [2.24, 2.45) is 0 Å². The summed E-state index contributed by atoms with van der Waals surface area (Å²) in [5.74, 6) is -0.906. The fraction of sp³-hybridized carbons (Fsp3) is 0.412. The molecule has 1 aromatic heterocycles. The van der Waals surface area contributed by atoms with Gasteiger partial charge in [-0.3, -0.25) is 4.90 Å². The molecular weight excluding hydrogens is 300 g/mol. The molecule has 4 nitrogen and oxygen atoms in total. The molecule has 1 fully saturated rings. The minimum absolute atomic E-state index is 0.130. The van der Waals surface area contributed by atoms with Gasteiger partial charge in [0.1, 0.15) is 11.9 Å². The Morgan fingerprint density at radius 2 is 2.00 bits per heavy atom. The summed E-state index contributed by atoms with van der Waals surface area (Å²) < 4.78 is 32.2. The van der Waals surface area contributed by atoms with Crippen molar-refractivity contribution >= 4 is 0 Å². The normalized spacial score (nSPS) is 19.0. The molecule has 2 heterocycles. The number of benzene rings is 1. The predicted octanol–water partition coefficient (Wildman–Crippen LogP) is 2.95. The minimum atomic E-state index is -0.819. The standard InChI is InChI=1S/C17H19F2N3O/c1-11-7-16(21-12(2)20-11)17-10-22(5-6-23-17)9-13-3-4-14(18)15(19)8-13/h3-4,7-8,17H,5-6,9-10H2,1-2H3/t17-/m0/s1. The Labute approximate surface area is 134 Å². The quantitative estimate of drug-likeness (QED) is 0.872. The maximum atomic E-state index is 13.3. The number of ether oxygens (including phenoxy) is 1. The van der Waals surface area contributed by atoms with E-state index in [1.165, 1.54) is 12.1 Å². The second-order valence-electron chi connectivity index (χ2n) is 5.82. The van der Waals surface area contributed by atoms with Crippen molar-refractivity contribution in [3.8, 4) is 0 Å². The molecule has 0 saturated carbocycles. The fourth-order valence-electron chi connectivity index (χ4n) is 2.83. The zero-order chi connectivity index (χ0) is 16.4. The number of hydrogen-bond donors (Lipinski definition) is 0. The van der Waals surface area contributed by atoms with Crippen LogP contribution in [0.1, 0.15) is 28.9 Å². The Balaban J connectivity index is 1.71. The van der Waals surface area contributed by atoms with Crippen LogP contribution >= 0.6 is 0 Å². The fourth-order valence-corrected chi connectivity index (χ4v) is 2.83. The number of hydrogen-bond acceptors (Lipinski definition) is 4. The van der Waals surface area contributed by atoms with Gasteiger partial charge in [0.15, 0.2) is 11.6 Å². The number of morpholine rings is 1. The smallest absolute Gasteiger partial charge is 0.159 e. The van der Waals surface area contributed by atoms with E-state index in [1.54, 1.807) is 6.07 Å². The van der Waals surface area contributed by atoms with E-state index >= 15 is 0 Å². The molecule has 3 rings (SSSR count). The summed E-state index contributed by atoms with van der Waals surface area (Å²) in [6.07, 6.45) is -0.130. The van der Waals surface area contributed by atoms with Crippen molar-refractivity contribution in [1.82, 2.24) is 14.9 Å². The van der Waals surface area contributed by atoms with Gasteiger partial charge in [-0.05, 0) is 37.6 Å². The molecule has 23 heavy (non-hydrogen) atoms. The molecule has 0 radical (unpaired) electrons. The summed E-state index contributed by atoms with van der Waals surface area (Å²) in [5, 5.41) is 0. The summed E-state index contributed by atoms with van der Waals surface area (Å²) in [7, 11) is 0. The average molecular weight is 319 g/mol. The third kappa shape index (κ3) is 3.89. The molecule has 1 aliphatic heterocycles. The molecule has 2 aromatic rings. The van der Waals surface area contributed by atoms with Gasteiger partial charge in [-0.15, -0.1) is 0 Å². The van der Waals surface area contributed by atoms with Gasteiger partial charge >= 0.3 is 0 Å². The molecule has 0 spiro atoms. The van der Waals surface area contributed by atoms with Gasteiger partial charge in [0.2, 0.25) is 0 Å². The van der Waals surface area contributed by atoms with Crippen molar-refractivity contribution in [2.45, 2.75) is 26.5 Å². The largest absolute Gasteiger partial charge is 0.369 e. The van der Waals surface area contributed by atoms with Gasteiger partial charge in [0.05, 0.1) is 12.3 Å². The van der Waals surface area contributed by atoms with E-state index in [2.05, 4.69) is 14.9 Å². The molecular formula is C17H19F2N3O. The van der Waals surface area contributed by atoms with Crippen molar-refractivity contribution in [3.05, 3.63) is 58.7 Å². The highest BCUT2D eigenvalue weighted by Gasteiger charge is 2.24. The minimum Gasteiger partial charge on any atom is -0.369 e. The zero-order valence-electron chi connectivity index (χ0n) is 13.2. The van der Waals surface area contributed by atoms with Crippen molar-refractivity contribution in [2.75, 3.05) is 19.7 Å². The van der Waals surface area contributed by atoms with E-state index in [1.807, 2.05) is 19.9 Å². The number of aromatic nitrogens is 2. The van der Waals surface area contributed by atoms with E-state index in [4.69, 9.17) is 4.74 Å². The van der Waals surface area contributed by atoms with Crippen molar-refractivity contribution < 1.29 is 13.5 Å². The molecule has 0 aliphatic carbocycles. The second kappa shape index (κ2) is 6.68. The summed E-state index contributed by atoms with van der Waals surface area (Å²) in [6, 6.07) is 5.96. The van der Waals surface area contributed by atoms with Crippen LogP contribution in [0.5, 0.6) is 0 Å². The number of rotatable bonds is 3. The summed E-state index contributed by atoms with van der Waals surface area (Å²) in [6.45, 7) is 6.34. The second-order valence-corrected chi connectivity index (χ2v) is 5.82. The maximum absolute atomic E-state index is 13.3. The highest BCUT2D eigenvalue weighted by molar-refractivity contribution is 5.18. The third-order valence-corrected chi connectivity index (χ3v) is 3.86. The van der Waals surface area contributed by atoms with Crippen LogP contribution in [0.25, 0.3) is 0 Å². The molecule has 122 valence electrons. The molecule has 0 bridgehead atoms. The van der Waals surface area contributed by atoms with Crippen molar-refractivity contribution in [3.63, 3.8) is 0 Å². The predicted molar refractivity (Wildman–Crippen MR) is 81.8 cm³/mol. The van der Waals surface area contributed by atoms with Crippen LogP contribution in [0.2, 0.25) is 0 Å². The lowest BCUT2D eigenvalue weighted by atomic mass is 10.1. The molecule has 0 amide bonds. The van der Waals surface area contributed by atoms with E-state index in [0.717, 1.165) is 29.3 Å². The van der Waals surface area contributed by atoms with Crippen LogP contribution in [0, 0.1) is 25.5 Å². The average Bonchev–Trinajstić information content (AvgIpc) is 2.50. The highest BCUT2D eigenvalue weighted by atomic mass is 19.2. The van der Waals surface area contributed by atoms with Crippen LogP contribution in [-0.4, -0.2) is 34.6 Å². The van der Waals surface area contributed by atoms with Gasteiger partial charge < -0.3 is 4.74 Å². The van der Waals surface area contributed by atoms with Gasteiger partial charge in [-0.25, -0.2) is 18.7 Å². The van der Waals surface area contributed by atoms with Gasteiger partial charge in [0, 0.05) is 25.3 Å². The number of nitrogens with zero attached hydrogens (tertiary/aromatic N) is 3. The molecule has 0 unspecified atom stereocenters. The lowest BCUT2D eigenvalue weighted by molar-refractivity contribution is -0.0351. The molecule has 1 atom stereocenters. The summed E-state index contributed by atoms with van der Waals surface area (Å²) in [4.78, 5) is 10.9. The Bertz CT molecular complexity index is 688. The first kappa shape index (κ1) is 16.0. The summed E-state index contributed by atoms with van der Waals surface area (Å²) >= 11 is 0. The van der Waals surface area contributed by atoms with E-state index in [9.17, 15) is 8.78 Å². The first-order chi connectivity index (χ1) is 11.0. The third-order valence-electron chi connectivity index (χ3n) is 3.86. The first-order valence-corrected chi connectivity index (χ1v) is 7.61. The van der Waals surface area contributed by atoms with E-state index in [0.29, 0.717) is 19.7 Å². The Morgan fingerprint density at radius 3 is 2.74 bits per heavy atom. The molecule has 1 saturated heterocycles. The Kier molecular flexibility index (Phi) is 4.63. The highest BCUT2D eigenvalue weighted by Crippen LogP contribution is 2.22. The maximum Gasteiger partial charge on any atom is 0.159 e. The lowest BCUT2D eigenvalue weighted by Gasteiger charge is -2.32. The number of halogens is 2. The van der Waals surface area contributed by atoms with Crippen LogP contribution in [0.4, 0.5) is 8.78 Å². The van der Waals surface area contributed by atoms with Crippen LogP contribution in [0.15, 0.2) is 24.3 Å². The van der Waals surface area contributed by atoms with Gasteiger partial charge in [0.25, 0.3) is 0 Å². The topological polar surface area (TPSA) is 38.2 Å². The number of aryl methyl sites for hydroxylation is 2. The Morgan fingerprint density at radius 1 is 1.17 bits per heavy atom. The van der Waals surface area contributed by atoms with Crippen molar-refractivity contribution in [1.29, 1.82) is 0 Å². The zero-order valence-corrected chi connectivity index (χ0v) is 13.2. The SMILES string of the molecule is Cc1cc([C@@H]2CN(Cc3ccc(F)c(F)c3)CCO2)nc(C)n1. The molecule has 0 N–H and O–H groups in total. The van der Waals surface area contributed by atoms with E-state index in [-0.39, 0.29) is 6.10 Å². The van der Waals surface area contributed by atoms with E-state index < -0.39 is 11.6 Å². The monoisotopic (exact) mass is 319 g/mol. The Hall–Kier alpha value is -1.92. The molecule has 1 aromatic carbocycles. The molecule has 1 aliphatic rings. The van der Waals surface area contributed by atoms with Gasteiger partial charge in [-0.1, -0.05) is 6.07 Å². The summed E-state index contributed by atoms with van der Waals surface area (Å²) in [5.41, 5.74) is 2.53. The van der Waals surface area contributed by atoms with Gasteiger partial charge in [-0.2, -0.15) is 0 Å². The lowest BCUT2D eigenvalue weighted by Crippen LogP contribution is -2.38. The van der Waals surface area contributed by atoms with Crippen LogP contribution < -0.4 is 0 Å². The molecule has 6 heteroatoms. The van der Waals surface area contributed by atoms with Crippen LogP contribution in [0.3, 0.4) is 0 Å².